The van der Waals surface area contributed by atoms with E-state index in [2.05, 4.69) is 4.72 Å². The van der Waals surface area contributed by atoms with E-state index in [0.717, 1.165) is 31.7 Å². The number of sulfonamides is 1. The number of nitrogens with one attached hydrogen (secondary N) is 1. The molecule has 1 fully saturated rings. The van der Waals surface area contributed by atoms with Gasteiger partial charge in [-0.3, -0.25) is 10.1 Å². The van der Waals surface area contributed by atoms with Crippen molar-refractivity contribution in [1.29, 1.82) is 0 Å². The van der Waals surface area contributed by atoms with Crippen LogP contribution in [0.1, 0.15) is 32.6 Å². The van der Waals surface area contributed by atoms with E-state index in [9.17, 15) is 18.5 Å². The summed E-state index contributed by atoms with van der Waals surface area (Å²) in [5.41, 5.74) is 5.38. The van der Waals surface area contributed by atoms with Crippen LogP contribution in [0.25, 0.3) is 0 Å². The molecule has 0 atom stereocenters. The highest BCUT2D eigenvalue weighted by molar-refractivity contribution is 7.89. The molecular weight excluding hydrogens is 294 g/mol. The first-order chi connectivity index (χ1) is 9.80. The van der Waals surface area contributed by atoms with Crippen molar-refractivity contribution in [3.63, 3.8) is 0 Å². The Morgan fingerprint density at radius 3 is 2.57 bits per heavy atom. The smallest absolute Gasteiger partial charge is 0.270 e. The van der Waals surface area contributed by atoms with Crippen LogP contribution in [0.15, 0.2) is 23.1 Å². The number of hydrogen-bond donors (Lipinski definition) is 2. The normalized spacial score (nSPS) is 17.2. The molecule has 0 aromatic heterocycles. The molecule has 1 aromatic rings. The minimum Gasteiger partial charge on any atom is -0.398 e. The van der Waals surface area contributed by atoms with Gasteiger partial charge < -0.3 is 5.73 Å². The molecule has 7 nitrogen and oxygen atoms in total. The third kappa shape index (κ3) is 3.16. The number of rotatable bonds is 6. The summed E-state index contributed by atoms with van der Waals surface area (Å²) in [6.45, 7) is 2.38. The Kier molecular flexibility index (Phi) is 4.20. The van der Waals surface area contributed by atoms with Crippen LogP contribution in [0.4, 0.5) is 11.4 Å². The summed E-state index contributed by atoms with van der Waals surface area (Å²) in [6.07, 6.45) is 4.00. The molecule has 1 saturated carbocycles. The highest BCUT2D eigenvalue weighted by Crippen LogP contribution is 2.43. The molecule has 1 aliphatic rings. The van der Waals surface area contributed by atoms with Crippen LogP contribution in [-0.2, 0) is 10.0 Å². The van der Waals surface area contributed by atoms with Crippen LogP contribution >= 0.6 is 0 Å². The molecule has 0 bridgehead atoms. The number of anilines is 1. The summed E-state index contributed by atoms with van der Waals surface area (Å²) < 4.78 is 27.2. The van der Waals surface area contributed by atoms with Gasteiger partial charge >= 0.3 is 0 Å². The monoisotopic (exact) mass is 313 g/mol. The van der Waals surface area contributed by atoms with Crippen LogP contribution < -0.4 is 10.5 Å². The Hall–Kier alpha value is -1.67. The van der Waals surface area contributed by atoms with Crippen molar-refractivity contribution < 1.29 is 13.3 Å². The maximum Gasteiger partial charge on any atom is 0.270 e. The minimum absolute atomic E-state index is 0.00672. The van der Waals surface area contributed by atoms with Crippen LogP contribution in [0.3, 0.4) is 0 Å². The zero-order valence-corrected chi connectivity index (χ0v) is 12.6. The predicted octanol–water partition coefficient (Wildman–Crippen LogP) is 2.04. The fraction of sp³-hybridized carbons (Fsp3) is 0.538. The van der Waals surface area contributed by atoms with E-state index in [4.69, 9.17) is 5.73 Å². The zero-order valence-electron chi connectivity index (χ0n) is 11.8. The van der Waals surface area contributed by atoms with E-state index in [0.29, 0.717) is 6.54 Å². The molecule has 1 aromatic carbocycles. The molecular formula is C13H19N3O4S. The van der Waals surface area contributed by atoms with Crippen LogP contribution in [0.2, 0.25) is 0 Å². The molecule has 0 aliphatic heterocycles. The highest BCUT2D eigenvalue weighted by Gasteiger charge is 2.36. The number of nitrogen functional groups attached to an aromatic ring is 1. The van der Waals surface area contributed by atoms with Gasteiger partial charge in [0.1, 0.15) is 4.90 Å². The van der Waals surface area contributed by atoms with Gasteiger partial charge in [0, 0.05) is 18.7 Å². The number of nitro groups is 1. The molecule has 0 radical (unpaired) electrons. The third-order valence-corrected chi connectivity index (χ3v) is 5.76. The third-order valence-electron chi connectivity index (χ3n) is 4.30. The van der Waals surface area contributed by atoms with Gasteiger partial charge in [-0.15, -0.1) is 0 Å². The number of non-ortho nitro benzene ring substituents is 1. The predicted molar refractivity (Wildman–Crippen MR) is 79.3 cm³/mol. The minimum atomic E-state index is -3.85. The lowest BCUT2D eigenvalue weighted by Crippen LogP contribution is -2.41. The first-order valence-electron chi connectivity index (χ1n) is 6.83. The number of nitrogens with zero attached hydrogens (tertiary/aromatic N) is 1. The van der Waals surface area contributed by atoms with Gasteiger partial charge in [0.25, 0.3) is 5.69 Å². The average molecular weight is 313 g/mol. The van der Waals surface area contributed by atoms with Crippen molar-refractivity contribution in [2.24, 2.45) is 5.41 Å². The molecule has 0 spiro atoms. The Morgan fingerprint density at radius 1 is 1.43 bits per heavy atom. The van der Waals surface area contributed by atoms with E-state index in [1.165, 1.54) is 12.1 Å². The van der Waals surface area contributed by atoms with Crippen molar-refractivity contribution >= 4 is 21.4 Å². The van der Waals surface area contributed by atoms with Gasteiger partial charge in [-0.1, -0.05) is 13.3 Å². The largest absolute Gasteiger partial charge is 0.398 e. The van der Waals surface area contributed by atoms with Gasteiger partial charge in [0.15, 0.2) is 0 Å². The fourth-order valence-electron chi connectivity index (χ4n) is 2.53. The quantitative estimate of drug-likeness (QED) is 0.473. The molecule has 8 heteroatoms. The van der Waals surface area contributed by atoms with Crippen LogP contribution in [0.5, 0.6) is 0 Å². The Labute approximate surface area is 123 Å². The highest BCUT2D eigenvalue weighted by atomic mass is 32.2. The second-order valence-corrected chi connectivity index (χ2v) is 7.25. The topological polar surface area (TPSA) is 115 Å². The molecule has 1 aliphatic carbocycles. The lowest BCUT2D eigenvalue weighted by Gasteiger charge is -2.41. The first-order valence-corrected chi connectivity index (χ1v) is 8.32. The maximum absolute atomic E-state index is 12.3. The molecule has 0 unspecified atom stereocenters. The van der Waals surface area contributed by atoms with Crippen molar-refractivity contribution in [3.05, 3.63) is 28.3 Å². The number of nitro benzene ring substituents is 1. The Balaban J connectivity index is 2.23. The SMILES string of the molecule is CCC1(CNS(=O)(=O)c2cc([N+](=O)[O-])ccc2N)CCC1. The summed E-state index contributed by atoms with van der Waals surface area (Å²) in [5, 5.41) is 10.8. The summed E-state index contributed by atoms with van der Waals surface area (Å²) in [4.78, 5) is 9.88. The zero-order chi connectivity index (χ0) is 15.7. The van der Waals surface area contributed by atoms with Crippen molar-refractivity contribution in [1.82, 2.24) is 4.72 Å². The van der Waals surface area contributed by atoms with Crippen molar-refractivity contribution in [2.75, 3.05) is 12.3 Å². The lowest BCUT2D eigenvalue weighted by molar-refractivity contribution is -0.385. The van der Waals surface area contributed by atoms with E-state index in [1.807, 2.05) is 6.92 Å². The Bertz CT molecular complexity index is 648. The molecule has 0 saturated heterocycles. The standard InChI is InChI=1S/C13H19N3O4S/c1-2-13(6-3-7-13)9-15-21(19,20)12-8-10(16(17)18)4-5-11(12)14/h4-5,8,15H,2-3,6-7,9,14H2,1H3. The van der Waals surface area contributed by atoms with Crippen molar-refractivity contribution in [3.8, 4) is 0 Å². The molecule has 21 heavy (non-hydrogen) atoms. The molecule has 3 N–H and O–H groups in total. The van der Waals surface area contributed by atoms with E-state index < -0.39 is 14.9 Å². The Morgan fingerprint density at radius 2 is 2.10 bits per heavy atom. The first kappa shape index (κ1) is 15.7. The van der Waals surface area contributed by atoms with Crippen LogP contribution in [0, 0.1) is 15.5 Å². The number of benzene rings is 1. The van der Waals surface area contributed by atoms with Gasteiger partial charge in [-0.25, -0.2) is 13.1 Å². The van der Waals surface area contributed by atoms with E-state index >= 15 is 0 Å². The van der Waals surface area contributed by atoms with Crippen molar-refractivity contribution in [2.45, 2.75) is 37.5 Å². The summed E-state index contributed by atoms with van der Waals surface area (Å²) in [5.74, 6) is 0. The van der Waals surface area contributed by atoms with Gasteiger partial charge in [-0.05, 0) is 30.7 Å². The second-order valence-electron chi connectivity index (χ2n) is 5.51. The van der Waals surface area contributed by atoms with Gasteiger partial charge in [0.05, 0.1) is 10.6 Å². The van der Waals surface area contributed by atoms with E-state index in [1.54, 1.807) is 0 Å². The number of nitrogens with two attached hydrogens (primary N) is 1. The molecule has 0 amide bonds. The molecule has 2 rings (SSSR count). The summed E-state index contributed by atoms with van der Waals surface area (Å²) in [6, 6.07) is 3.43. The van der Waals surface area contributed by atoms with Crippen LogP contribution in [-0.4, -0.2) is 19.9 Å². The molecule has 116 valence electrons. The van der Waals surface area contributed by atoms with E-state index in [-0.39, 0.29) is 21.7 Å². The van der Waals surface area contributed by atoms with Gasteiger partial charge in [0.2, 0.25) is 10.0 Å². The molecule has 0 heterocycles. The summed E-state index contributed by atoms with van der Waals surface area (Å²) in [7, 11) is -3.85. The lowest BCUT2D eigenvalue weighted by atomic mass is 9.67. The van der Waals surface area contributed by atoms with Gasteiger partial charge in [-0.2, -0.15) is 0 Å². The summed E-state index contributed by atoms with van der Waals surface area (Å²) >= 11 is 0. The number of hydrogen-bond acceptors (Lipinski definition) is 5. The maximum atomic E-state index is 12.3. The second kappa shape index (κ2) is 5.61. The fourth-order valence-corrected chi connectivity index (χ4v) is 3.83. The average Bonchev–Trinajstić information content (AvgIpc) is 2.38.